The summed E-state index contributed by atoms with van der Waals surface area (Å²) in [5.41, 5.74) is 2.79. The van der Waals surface area contributed by atoms with Crippen molar-refractivity contribution in [2.45, 2.75) is 20.4 Å². The zero-order chi connectivity index (χ0) is 25.3. The van der Waals surface area contributed by atoms with E-state index in [1.54, 1.807) is 18.5 Å². The van der Waals surface area contributed by atoms with E-state index in [1.807, 2.05) is 75.7 Å². The van der Waals surface area contributed by atoms with Gasteiger partial charge in [0.15, 0.2) is 5.82 Å². The van der Waals surface area contributed by atoms with Crippen molar-refractivity contribution in [2.24, 2.45) is 5.21 Å². The van der Waals surface area contributed by atoms with Crippen LogP contribution in [0.25, 0.3) is 10.9 Å². The highest BCUT2D eigenvalue weighted by Crippen LogP contribution is 2.24. The normalized spacial score (nSPS) is 9.82. The third kappa shape index (κ3) is 8.77. The molecule has 0 amide bonds. The lowest BCUT2D eigenvalue weighted by atomic mass is 10.1. The summed E-state index contributed by atoms with van der Waals surface area (Å²) in [7, 11) is 3.75. The molecule has 0 bridgehead atoms. The molecule has 0 spiro atoms. The molecule has 0 saturated heterocycles. The number of H-pyrrole nitrogens is 1. The summed E-state index contributed by atoms with van der Waals surface area (Å²) in [6.45, 7) is 7.43. The molecule has 0 aliphatic carbocycles. The molecule has 4 aromatic rings. The number of para-hydroxylation sites is 1. The fraction of sp³-hybridized carbons (Fsp3) is 0.192. The van der Waals surface area contributed by atoms with Crippen molar-refractivity contribution in [3.05, 3.63) is 102 Å². The van der Waals surface area contributed by atoms with Crippen LogP contribution in [-0.4, -0.2) is 40.6 Å². The largest absolute Gasteiger partial charge is 0.342 e. The molecule has 0 aliphatic rings. The van der Waals surface area contributed by atoms with Gasteiger partial charge in [0.2, 0.25) is 5.78 Å². The zero-order valence-electron chi connectivity index (χ0n) is 19.9. The molecule has 2 aromatic heterocycles. The quantitative estimate of drug-likeness (QED) is 0.203. The van der Waals surface area contributed by atoms with Crippen LogP contribution in [0, 0.1) is 0 Å². The minimum Gasteiger partial charge on any atom is -0.342 e. The summed E-state index contributed by atoms with van der Waals surface area (Å²) in [6, 6.07) is 15.6. The van der Waals surface area contributed by atoms with E-state index in [2.05, 4.69) is 31.6 Å². The number of hydrogen-bond acceptors (Lipinski definition) is 4. The highest BCUT2D eigenvalue weighted by Gasteiger charge is 2.18. The van der Waals surface area contributed by atoms with Gasteiger partial charge in [-0.05, 0) is 51.7 Å². The average molecular weight is 484 g/mol. The molecule has 8 heteroatoms. The number of aromatic amines is 1. The van der Waals surface area contributed by atoms with E-state index in [4.69, 9.17) is 11.6 Å². The van der Waals surface area contributed by atoms with E-state index in [-0.39, 0.29) is 5.78 Å². The Morgan fingerprint density at radius 3 is 2.32 bits per heavy atom. The van der Waals surface area contributed by atoms with Crippen molar-refractivity contribution in [1.29, 1.82) is 0 Å². The van der Waals surface area contributed by atoms with Crippen LogP contribution in [0.3, 0.4) is 0 Å². The van der Waals surface area contributed by atoms with Gasteiger partial charge >= 0.3 is 0 Å². The first kappa shape index (κ1) is 28.5. The number of allylic oxidation sites excluding steroid dienone is 1. The van der Waals surface area contributed by atoms with Gasteiger partial charge in [-0.2, -0.15) is 0 Å². The third-order valence-electron chi connectivity index (χ3n) is 4.11. The first-order chi connectivity index (χ1) is 16.5. The van der Waals surface area contributed by atoms with E-state index in [0.717, 1.165) is 22.7 Å². The summed E-state index contributed by atoms with van der Waals surface area (Å²) in [5, 5.41) is 6.50. The fourth-order valence-electron chi connectivity index (χ4n) is 2.86. The van der Waals surface area contributed by atoms with Crippen molar-refractivity contribution >= 4 is 34.5 Å². The van der Waals surface area contributed by atoms with Gasteiger partial charge in [0.1, 0.15) is 0 Å². The Morgan fingerprint density at radius 1 is 1.21 bits per heavy atom. The third-order valence-corrected chi connectivity index (χ3v) is 4.36. The molecule has 4 rings (SSSR count). The predicted molar refractivity (Wildman–Crippen MR) is 141 cm³/mol. The lowest BCUT2D eigenvalue weighted by Gasteiger charge is -2.05. The summed E-state index contributed by atoms with van der Waals surface area (Å²) in [5.74, 6) is 0.246. The van der Waals surface area contributed by atoms with Crippen LogP contribution in [0.1, 0.15) is 35.6 Å². The molecule has 34 heavy (non-hydrogen) atoms. The number of imidazole rings is 1. The molecule has 2 aromatic carbocycles. The van der Waals surface area contributed by atoms with Crippen molar-refractivity contribution < 1.29 is 9.28 Å². The van der Waals surface area contributed by atoms with Gasteiger partial charge in [0, 0.05) is 47.3 Å². The first-order valence-corrected chi connectivity index (χ1v) is 11.0. The summed E-state index contributed by atoms with van der Waals surface area (Å²) < 4.78 is 12.4. The number of aromatic nitrogens is 3. The fourth-order valence-corrected chi connectivity index (χ4v) is 2.99. The number of fused-ring (bicyclic) bond motifs is 1. The Hall–Kier alpha value is -3.55. The van der Waals surface area contributed by atoms with Gasteiger partial charge in [-0.25, -0.2) is 4.98 Å². The second-order valence-corrected chi connectivity index (χ2v) is 7.28. The number of carbonyl (C=O) groups excluding carboxylic acids is 1. The lowest BCUT2D eigenvalue weighted by Crippen LogP contribution is -2.03. The second-order valence-electron chi connectivity index (χ2n) is 6.85. The first-order valence-electron chi connectivity index (χ1n) is 10.6. The van der Waals surface area contributed by atoms with E-state index in [9.17, 15) is 9.28 Å². The molecule has 180 valence electrons. The molecule has 0 atom stereocenters. The average Bonchev–Trinajstić information content (AvgIpc) is 3.50. The predicted octanol–water partition coefficient (Wildman–Crippen LogP) is 6.29. The molecule has 0 aliphatic heterocycles. The standard InChI is InChI=1S/C19H14ClN3O.C3H6.C2H4FN.C2H7N/c20-14-7-5-13(6-8-14)11-23-12-16(15-3-1-2-4-17(15)23)18(24)19-21-9-10-22-19;1-3-2;1-2-4-3;1-3-2/h1-10,12H,11H2,(H,21,22);3H,1H2,2H3;2H,1H3;3H,1-2H3/b;;4-2+;. The monoisotopic (exact) mass is 483 g/mol. The molecule has 2 N–H and O–H groups in total. The van der Waals surface area contributed by atoms with Crippen LogP contribution in [0.5, 0.6) is 0 Å². The van der Waals surface area contributed by atoms with Crippen molar-refractivity contribution in [3.63, 3.8) is 0 Å². The Labute approximate surface area is 205 Å². The maximum absolute atomic E-state index is 12.7. The van der Waals surface area contributed by atoms with Crippen LogP contribution in [-0.2, 0) is 6.54 Å². The summed E-state index contributed by atoms with van der Waals surface area (Å²) in [4.78, 5) is 19.7. The molecule has 0 saturated carbocycles. The molecule has 6 nitrogen and oxygen atoms in total. The van der Waals surface area contributed by atoms with Gasteiger partial charge < -0.3 is 14.9 Å². The van der Waals surface area contributed by atoms with Crippen LogP contribution in [0.4, 0.5) is 4.48 Å². The van der Waals surface area contributed by atoms with Crippen molar-refractivity contribution in [3.8, 4) is 0 Å². The van der Waals surface area contributed by atoms with Gasteiger partial charge in [0.05, 0.1) is 5.56 Å². The number of benzene rings is 2. The molecular formula is C26H31ClFN5O. The number of ketones is 1. The number of nitrogens with zero attached hydrogens (tertiary/aromatic N) is 3. The highest BCUT2D eigenvalue weighted by molar-refractivity contribution is 6.30. The molecule has 0 unspecified atom stereocenters. The Kier molecular flexibility index (Phi) is 13.5. The number of nitrogens with one attached hydrogen (secondary N) is 2. The van der Waals surface area contributed by atoms with Crippen LogP contribution in [0.2, 0.25) is 5.02 Å². The zero-order valence-corrected chi connectivity index (χ0v) is 20.7. The molecule has 0 radical (unpaired) electrons. The Bertz CT molecular complexity index is 1150. The number of carbonyl (C=O) groups is 1. The number of hydrogen-bond donors (Lipinski definition) is 2. The van der Waals surface area contributed by atoms with Crippen LogP contribution in [0.15, 0.2) is 85.0 Å². The molecule has 0 fully saturated rings. The maximum atomic E-state index is 12.7. The van der Waals surface area contributed by atoms with Crippen molar-refractivity contribution in [2.75, 3.05) is 14.1 Å². The summed E-state index contributed by atoms with van der Waals surface area (Å²) in [6.07, 6.45) is 7.96. The SMILES string of the molecule is C/C=N/F.C=CC.CNC.O=C(c1ncc[nH]1)c1cn(Cc2ccc(Cl)cc2)c2ccccc12. The van der Waals surface area contributed by atoms with Gasteiger partial charge in [-0.1, -0.05) is 52.5 Å². The highest BCUT2D eigenvalue weighted by atomic mass is 35.5. The minimum atomic E-state index is -0.106. The van der Waals surface area contributed by atoms with Crippen LogP contribution < -0.4 is 5.32 Å². The van der Waals surface area contributed by atoms with Gasteiger partial charge in [-0.3, -0.25) is 4.79 Å². The van der Waals surface area contributed by atoms with Gasteiger partial charge in [-0.15, -0.1) is 11.8 Å². The smallest absolute Gasteiger partial charge is 0.230 e. The van der Waals surface area contributed by atoms with Crippen molar-refractivity contribution in [1.82, 2.24) is 19.9 Å². The topological polar surface area (TPSA) is 75.1 Å². The Morgan fingerprint density at radius 2 is 1.79 bits per heavy atom. The number of rotatable bonds is 4. The lowest BCUT2D eigenvalue weighted by molar-refractivity contribution is 0.103. The van der Waals surface area contributed by atoms with E-state index >= 15 is 0 Å². The summed E-state index contributed by atoms with van der Waals surface area (Å²) >= 11 is 5.95. The maximum Gasteiger partial charge on any atom is 0.230 e. The second kappa shape index (κ2) is 16.1. The minimum absolute atomic E-state index is 0.106. The Balaban J connectivity index is 0.000000498. The van der Waals surface area contributed by atoms with Gasteiger partial charge in [0.25, 0.3) is 0 Å². The van der Waals surface area contributed by atoms with E-state index in [0.29, 0.717) is 23.0 Å². The van der Waals surface area contributed by atoms with Crippen LogP contribution >= 0.6 is 11.6 Å². The molecular weight excluding hydrogens is 453 g/mol. The molecule has 2 heterocycles. The van der Waals surface area contributed by atoms with E-state index in [1.165, 1.54) is 6.92 Å². The van der Waals surface area contributed by atoms with E-state index < -0.39 is 0 Å². The number of halogens is 2.